The molecule has 28 heavy (non-hydrogen) atoms. The molecule has 1 fully saturated rings. The van der Waals surface area contributed by atoms with Crippen LogP contribution in [0.1, 0.15) is 53.4 Å². The Morgan fingerprint density at radius 3 is 2.61 bits per heavy atom. The Morgan fingerprint density at radius 2 is 1.96 bits per heavy atom. The lowest BCUT2D eigenvalue weighted by Gasteiger charge is -2.23. The van der Waals surface area contributed by atoms with Crippen LogP contribution in [-0.2, 0) is 13.0 Å². The normalized spacial score (nSPS) is 13.8. The van der Waals surface area contributed by atoms with Crippen LogP contribution in [0.25, 0.3) is 0 Å². The number of anilines is 1. The van der Waals surface area contributed by atoms with Crippen molar-refractivity contribution in [2.24, 2.45) is 5.92 Å². The number of hydrogen-bond acceptors (Lipinski definition) is 5. The molecule has 5 heteroatoms. The molecule has 0 N–H and O–H groups in total. The van der Waals surface area contributed by atoms with Crippen molar-refractivity contribution < 1.29 is 4.79 Å². The SMILES string of the molecule is CCCN(CC1CC1)c1cc(C(=O)Cc2ccc(CN(C)C)cc2C)ncn1. The van der Waals surface area contributed by atoms with Crippen LogP contribution < -0.4 is 4.90 Å². The molecular weight excluding hydrogens is 348 g/mol. The number of carbonyl (C=O) groups is 1. The second-order valence-corrected chi connectivity index (χ2v) is 8.25. The van der Waals surface area contributed by atoms with E-state index in [1.54, 1.807) is 0 Å². The van der Waals surface area contributed by atoms with Crippen LogP contribution in [0, 0.1) is 12.8 Å². The van der Waals surface area contributed by atoms with Crippen molar-refractivity contribution in [2.45, 2.75) is 46.1 Å². The van der Waals surface area contributed by atoms with Gasteiger partial charge in [-0.2, -0.15) is 0 Å². The highest BCUT2D eigenvalue weighted by Crippen LogP contribution is 2.31. The molecule has 0 saturated heterocycles. The minimum atomic E-state index is 0.0509. The molecular formula is C23H32N4O. The van der Waals surface area contributed by atoms with Crippen LogP contribution in [-0.4, -0.2) is 47.8 Å². The number of benzene rings is 1. The average molecular weight is 381 g/mol. The molecule has 1 saturated carbocycles. The minimum Gasteiger partial charge on any atom is -0.356 e. The topological polar surface area (TPSA) is 49.3 Å². The summed E-state index contributed by atoms with van der Waals surface area (Å²) in [7, 11) is 4.12. The van der Waals surface area contributed by atoms with Gasteiger partial charge in [-0.25, -0.2) is 9.97 Å². The van der Waals surface area contributed by atoms with E-state index in [4.69, 9.17) is 0 Å². The van der Waals surface area contributed by atoms with E-state index in [1.165, 1.54) is 24.7 Å². The Kier molecular flexibility index (Phi) is 6.79. The standard InChI is InChI=1S/C23H32N4O/c1-5-10-27(15-18-6-7-18)23-13-21(24-16-25-23)22(28)12-20-9-8-19(11-17(20)2)14-26(3)4/h8-9,11,13,16,18H,5-7,10,12,14-15H2,1-4H3. The molecule has 150 valence electrons. The van der Waals surface area contributed by atoms with E-state index in [2.05, 4.69) is 65.9 Å². The summed E-state index contributed by atoms with van der Waals surface area (Å²) in [5, 5.41) is 0. The van der Waals surface area contributed by atoms with E-state index in [9.17, 15) is 4.79 Å². The monoisotopic (exact) mass is 380 g/mol. The van der Waals surface area contributed by atoms with Crippen LogP contribution in [0.3, 0.4) is 0 Å². The second-order valence-electron chi connectivity index (χ2n) is 8.25. The Bertz CT molecular complexity index is 814. The molecule has 5 nitrogen and oxygen atoms in total. The molecule has 0 spiro atoms. The fraction of sp³-hybridized carbons (Fsp3) is 0.522. The molecule has 1 aromatic heterocycles. The van der Waals surface area contributed by atoms with E-state index < -0.39 is 0 Å². The Morgan fingerprint density at radius 1 is 1.18 bits per heavy atom. The number of nitrogens with zero attached hydrogens (tertiary/aromatic N) is 4. The van der Waals surface area contributed by atoms with Gasteiger partial charge in [-0.1, -0.05) is 25.1 Å². The molecule has 0 atom stereocenters. The molecule has 0 bridgehead atoms. The molecule has 1 aliphatic rings. The Balaban J connectivity index is 1.72. The number of ketones is 1. The van der Waals surface area contributed by atoms with E-state index in [0.717, 1.165) is 48.9 Å². The van der Waals surface area contributed by atoms with Gasteiger partial charge in [0.15, 0.2) is 5.78 Å². The smallest absolute Gasteiger partial charge is 0.185 e. The summed E-state index contributed by atoms with van der Waals surface area (Å²) in [5.41, 5.74) is 4.00. The molecule has 1 aromatic carbocycles. The highest BCUT2D eigenvalue weighted by atomic mass is 16.1. The molecule has 2 aromatic rings. The van der Waals surface area contributed by atoms with E-state index in [0.29, 0.717) is 12.1 Å². The average Bonchev–Trinajstić information content (AvgIpc) is 3.47. The molecule has 1 aliphatic carbocycles. The van der Waals surface area contributed by atoms with Crippen LogP contribution in [0.2, 0.25) is 0 Å². The molecule has 0 aliphatic heterocycles. The first-order valence-corrected chi connectivity index (χ1v) is 10.3. The lowest BCUT2D eigenvalue weighted by atomic mass is 9.99. The van der Waals surface area contributed by atoms with Gasteiger partial charge < -0.3 is 9.80 Å². The fourth-order valence-electron chi connectivity index (χ4n) is 3.54. The van der Waals surface area contributed by atoms with Gasteiger partial charge in [0.05, 0.1) is 0 Å². The molecule has 1 heterocycles. The number of carbonyl (C=O) groups excluding carboxylic acids is 1. The van der Waals surface area contributed by atoms with Gasteiger partial charge in [-0.15, -0.1) is 0 Å². The van der Waals surface area contributed by atoms with Crippen molar-refractivity contribution in [3.8, 4) is 0 Å². The summed E-state index contributed by atoms with van der Waals surface area (Å²) in [6, 6.07) is 8.23. The third kappa shape index (κ3) is 5.61. The first kappa shape index (κ1) is 20.5. The molecule has 0 amide bonds. The first-order valence-electron chi connectivity index (χ1n) is 10.3. The van der Waals surface area contributed by atoms with E-state index in [-0.39, 0.29) is 5.78 Å². The number of rotatable bonds is 10. The lowest BCUT2D eigenvalue weighted by Crippen LogP contribution is -2.27. The van der Waals surface area contributed by atoms with E-state index in [1.807, 2.05) is 6.07 Å². The number of Topliss-reactive ketones (excluding diaryl/α,β-unsaturated/α-hetero) is 1. The van der Waals surface area contributed by atoms with Crippen LogP contribution in [0.5, 0.6) is 0 Å². The van der Waals surface area contributed by atoms with Gasteiger partial charge in [-0.3, -0.25) is 4.79 Å². The quantitative estimate of drug-likeness (QED) is 0.585. The van der Waals surface area contributed by atoms with Gasteiger partial charge in [0.2, 0.25) is 0 Å². The fourth-order valence-corrected chi connectivity index (χ4v) is 3.54. The van der Waals surface area contributed by atoms with Crippen molar-refractivity contribution in [3.05, 3.63) is 53.0 Å². The molecule has 3 rings (SSSR count). The van der Waals surface area contributed by atoms with Crippen molar-refractivity contribution in [2.75, 3.05) is 32.1 Å². The van der Waals surface area contributed by atoms with Gasteiger partial charge >= 0.3 is 0 Å². The summed E-state index contributed by atoms with van der Waals surface area (Å²) < 4.78 is 0. The van der Waals surface area contributed by atoms with E-state index >= 15 is 0 Å². The van der Waals surface area contributed by atoms with Crippen LogP contribution in [0.15, 0.2) is 30.6 Å². The number of aryl methyl sites for hydroxylation is 1. The first-order chi connectivity index (χ1) is 13.5. The minimum absolute atomic E-state index is 0.0509. The number of hydrogen-bond donors (Lipinski definition) is 0. The van der Waals surface area contributed by atoms with Crippen molar-refractivity contribution in [1.29, 1.82) is 0 Å². The summed E-state index contributed by atoms with van der Waals surface area (Å²) in [4.78, 5) is 26.0. The largest absolute Gasteiger partial charge is 0.356 e. The summed E-state index contributed by atoms with van der Waals surface area (Å²) in [5.74, 6) is 1.71. The predicted octanol–water partition coefficient (Wildman–Crippen LogP) is 3.90. The van der Waals surface area contributed by atoms with Gasteiger partial charge in [0.1, 0.15) is 17.8 Å². The van der Waals surface area contributed by atoms with Crippen molar-refractivity contribution in [1.82, 2.24) is 14.9 Å². The van der Waals surface area contributed by atoms with Gasteiger partial charge in [0, 0.05) is 32.1 Å². The molecule has 0 radical (unpaired) electrons. The Labute approximate surface area is 168 Å². The number of aromatic nitrogens is 2. The summed E-state index contributed by atoms with van der Waals surface area (Å²) in [6.45, 7) is 7.15. The van der Waals surface area contributed by atoms with Crippen LogP contribution in [0.4, 0.5) is 5.82 Å². The zero-order chi connectivity index (χ0) is 20.1. The predicted molar refractivity (Wildman–Crippen MR) is 114 cm³/mol. The Hall–Kier alpha value is -2.27. The van der Waals surface area contributed by atoms with Crippen molar-refractivity contribution in [3.63, 3.8) is 0 Å². The van der Waals surface area contributed by atoms with Gasteiger partial charge in [0.25, 0.3) is 0 Å². The maximum Gasteiger partial charge on any atom is 0.185 e. The van der Waals surface area contributed by atoms with Crippen LogP contribution >= 0.6 is 0 Å². The third-order valence-corrected chi connectivity index (χ3v) is 5.19. The lowest BCUT2D eigenvalue weighted by molar-refractivity contribution is 0.0988. The third-order valence-electron chi connectivity index (χ3n) is 5.19. The second kappa shape index (κ2) is 9.28. The summed E-state index contributed by atoms with van der Waals surface area (Å²) in [6.07, 6.45) is 5.59. The highest BCUT2D eigenvalue weighted by molar-refractivity contribution is 5.96. The zero-order valence-corrected chi connectivity index (χ0v) is 17.6. The zero-order valence-electron chi connectivity index (χ0n) is 17.6. The summed E-state index contributed by atoms with van der Waals surface area (Å²) >= 11 is 0. The molecule has 0 unspecified atom stereocenters. The maximum absolute atomic E-state index is 12.9. The maximum atomic E-state index is 12.9. The highest BCUT2D eigenvalue weighted by Gasteiger charge is 2.25. The van der Waals surface area contributed by atoms with Gasteiger partial charge in [-0.05, 0) is 62.9 Å². The van der Waals surface area contributed by atoms with Crippen molar-refractivity contribution >= 4 is 11.6 Å².